The number of aliphatic hydroxyl groups is 2. The van der Waals surface area contributed by atoms with Crippen molar-refractivity contribution in [1.29, 1.82) is 0 Å². The van der Waals surface area contributed by atoms with Gasteiger partial charge in [-0.25, -0.2) is 0 Å². The molecule has 0 spiro atoms. The second-order valence-electron chi connectivity index (χ2n) is 6.50. The van der Waals surface area contributed by atoms with Crippen LogP contribution in [0.5, 0.6) is 5.75 Å². The van der Waals surface area contributed by atoms with E-state index < -0.39 is 17.7 Å². The molecule has 2 unspecified atom stereocenters. The molecule has 1 saturated heterocycles. The number of aliphatic hydroxyl groups excluding tert-OH is 2. The molecule has 1 heterocycles. The summed E-state index contributed by atoms with van der Waals surface area (Å²) < 4.78 is 0. The van der Waals surface area contributed by atoms with Gasteiger partial charge in [0, 0.05) is 13.0 Å². The van der Waals surface area contributed by atoms with Gasteiger partial charge in [-0.15, -0.1) is 0 Å². The van der Waals surface area contributed by atoms with Gasteiger partial charge in [-0.1, -0.05) is 49.4 Å². The number of benzene rings is 1. The second kappa shape index (κ2) is 10.3. The number of amides is 1. The van der Waals surface area contributed by atoms with Crippen LogP contribution in [0.3, 0.4) is 0 Å². The third kappa shape index (κ3) is 5.69. The van der Waals surface area contributed by atoms with Crippen molar-refractivity contribution < 1.29 is 24.9 Å². The normalized spacial score (nSPS) is 20.4. The molecule has 1 aliphatic heterocycles. The summed E-state index contributed by atoms with van der Waals surface area (Å²) in [5.74, 6) is -1.22. The fourth-order valence-electron chi connectivity index (χ4n) is 2.74. The van der Waals surface area contributed by atoms with Crippen molar-refractivity contribution in [2.45, 2.75) is 25.8 Å². The van der Waals surface area contributed by atoms with Gasteiger partial charge in [0.25, 0.3) is 5.91 Å². The Hall–Kier alpha value is -3.12. The summed E-state index contributed by atoms with van der Waals surface area (Å²) in [5, 5.41) is 31.1. The highest BCUT2D eigenvalue weighted by Crippen LogP contribution is 2.19. The molecular formula is C22H25NO5. The third-order valence-electron chi connectivity index (χ3n) is 4.46. The number of ketones is 1. The van der Waals surface area contributed by atoms with Crippen molar-refractivity contribution in [1.82, 2.24) is 5.32 Å². The number of hydrogen-bond donors (Lipinski definition) is 4. The van der Waals surface area contributed by atoms with Crippen LogP contribution in [0.1, 0.15) is 18.9 Å². The van der Waals surface area contributed by atoms with Gasteiger partial charge in [0.2, 0.25) is 0 Å². The zero-order valence-corrected chi connectivity index (χ0v) is 15.7. The molecule has 2 rings (SSSR count). The first-order chi connectivity index (χ1) is 13.5. The van der Waals surface area contributed by atoms with Gasteiger partial charge in [-0.2, -0.15) is 0 Å². The summed E-state index contributed by atoms with van der Waals surface area (Å²) in [6.45, 7) is 2.07. The van der Waals surface area contributed by atoms with Gasteiger partial charge < -0.3 is 20.6 Å². The molecule has 1 aromatic carbocycles. The predicted molar refractivity (Wildman–Crippen MR) is 107 cm³/mol. The van der Waals surface area contributed by atoms with Crippen LogP contribution in [-0.2, 0) is 16.0 Å². The lowest BCUT2D eigenvalue weighted by Gasteiger charge is -2.07. The third-order valence-corrected chi connectivity index (χ3v) is 4.46. The first-order valence-electron chi connectivity index (χ1n) is 9.14. The fraction of sp³-hybridized carbons (Fsp3) is 0.273. The number of rotatable bonds is 8. The highest BCUT2D eigenvalue weighted by Gasteiger charge is 2.37. The van der Waals surface area contributed by atoms with Gasteiger partial charge in [0.1, 0.15) is 17.1 Å². The second-order valence-corrected chi connectivity index (χ2v) is 6.50. The SMILES string of the molecule is CCC(/C=C/C=C/C=C/C(O)=C1C(=O)NC(Cc2ccc(O)cc2)C1=O)CO. The Balaban J connectivity index is 2.01. The maximum atomic E-state index is 12.5. The smallest absolute Gasteiger partial charge is 0.259 e. The number of nitrogens with one attached hydrogen (secondary N) is 1. The molecule has 1 aliphatic rings. The largest absolute Gasteiger partial charge is 0.508 e. The van der Waals surface area contributed by atoms with Crippen LogP contribution in [0.15, 0.2) is 72.1 Å². The molecule has 148 valence electrons. The number of allylic oxidation sites excluding steroid dienone is 5. The van der Waals surface area contributed by atoms with Crippen molar-refractivity contribution in [3.05, 3.63) is 77.6 Å². The number of phenols is 1. The molecule has 28 heavy (non-hydrogen) atoms. The molecule has 2 atom stereocenters. The summed E-state index contributed by atoms with van der Waals surface area (Å²) >= 11 is 0. The molecule has 0 saturated carbocycles. The molecule has 6 heteroatoms. The van der Waals surface area contributed by atoms with Gasteiger partial charge in [-0.3, -0.25) is 9.59 Å². The highest BCUT2D eigenvalue weighted by molar-refractivity contribution is 6.27. The maximum absolute atomic E-state index is 12.5. The van der Waals surface area contributed by atoms with Crippen LogP contribution in [0.25, 0.3) is 0 Å². The number of phenolic OH excluding ortho intramolecular Hbond substituents is 1. The van der Waals surface area contributed by atoms with Crippen molar-refractivity contribution in [3.63, 3.8) is 0 Å². The van der Waals surface area contributed by atoms with E-state index in [0.717, 1.165) is 12.0 Å². The lowest BCUT2D eigenvalue weighted by atomic mass is 10.0. The minimum Gasteiger partial charge on any atom is -0.508 e. The zero-order chi connectivity index (χ0) is 20.5. The van der Waals surface area contributed by atoms with Crippen LogP contribution < -0.4 is 5.32 Å². The molecule has 1 aromatic rings. The topological polar surface area (TPSA) is 107 Å². The summed E-state index contributed by atoms with van der Waals surface area (Å²) in [6.07, 6.45) is 11.0. The molecule has 0 aliphatic carbocycles. The van der Waals surface area contributed by atoms with E-state index in [0.29, 0.717) is 0 Å². The van der Waals surface area contributed by atoms with Crippen molar-refractivity contribution in [3.8, 4) is 5.75 Å². The minimum atomic E-state index is -0.745. The van der Waals surface area contributed by atoms with Crippen LogP contribution >= 0.6 is 0 Å². The summed E-state index contributed by atoms with van der Waals surface area (Å²) in [6, 6.07) is 5.63. The number of Topliss-reactive ketones (excluding diaryl/α,β-unsaturated/α-hetero) is 1. The van der Waals surface area contributed by atoms with E-state index in [1.165, 1.54) is 24.3 Å². The predicted octanol–water partition coefficient (Wildman–Crippen LogP) is 2.50. The molecule has 1 amide bonds. The monoisotopic (exact) mass is 383 g/mol. The fourth-order valence-corrected chi connectivity index (χ4v) is 2.74. The Morgan fingerprint density at radius 1 is 1.14 bits per heavy atom. The van der Waals surface area contributed by atoms with E-state index in [-0.39, 0.29) is 36.0 Å². The van der Waals surface area contributed by atoms with Gasteiger partial charge in [-0.05, 0) is 36.1 Å². The van der Waals surface area contributed by atoms with Crippen molar-refractivity contribution in [2.75, 3.05) is 6.61 Å². The Bertz CT molecular complexity index is 814. The molecule has 0 bridgehead atoms. The van der Waals surface area contributed by atoms with Crippen LogP contribution in [0.4, 0.5) is 0 Å². The molecule has 6 nitrogen and oxygen atoms in total. The lowest BCUT2D eigenvalue weighted by molar-refractivity contribution is -0.117. The van der Waals surface area contributed by atoms with Crippen LogP contribution in [0.2, 0.25) is 0 Å². The van der Waals surface area contributed by atoms with E-state index in [2.05, 4.69) is 5.32 Å². The number of carbonyl (C=O) groups is 2. The van der Waals surface area contributed by atoms with Crippen LogP contribution in [0, 0.1) is 5.92 Å². The molecular weight excluding hydrogens is 358 g/mol. The molecule has 4 N–H and O–H groups in total. The Morgan fingerprint density at radius 3 is 2.46 bits per heavy atom. The van der Waals surface area contributed by atoms with Crippen molar-refractivity contribution in [2.24, 2.45) is 5.92 Å². The number of aromatic hydroxyl groups is 1. The minimum absolute atomic E-state index is 0.0894. The standard InChI is InChI=1S/C22H25NO5/c1-2-15(14-24)7-5-3-4-6-8-19(26)20-21(27)18(23-22(20)28)13-16-9-11-17(25)12-10-16/h3-12,15,18,24-26H,2,13-14H2,1H3,(H,23,28)/b4-3+,7-5+,8-6+,20-19?. The molecule has 0 radical (unpaired) electrons. The van der Waals surface area contributed by atoms with E-state index >= 15 is 0 Å². The Kier molecular flexibility index (Phi) is 7.77. The quantitative estimate of drug-likeness (QED) is 0.239. The van der Waals surface area contributed by atoms with E-state index in [4.69, 9.17) is 5.11 Å². The van der Waals surface area contributed by atoms with E-state index in [9.17, 15) is 19.8 Å². The number of hydrogen-bond acceptors (Lipinski definition) is 5. The Labute approximate surface area is 164 Å². The zero-order valence-electron chi connectivity index (χ0n) is 15.7. The summed E-state index contributed by atoms with van der Waals surface area (Å²) in [5.41, 5.74) is 0.533. The summed E-state index contributed by atoms with van der Waals surface area (Å²) in [7, 11) is 0. The summed E-state index contributed by atoms with van der Waals surface area (Å²) in [4.78, 5) is 24.5. The molecule has 0 aromatic heterocycles. The van der Waals surface area contributed by atoms with Gasteiger partial charge in [0.15, 0.2) is 5.78 Å². The van der Waals surface area contributed by atoms with E-state index in [1.807, 2.05) is 13.0 Å². The molecule has 1 fully saturated rings. The average molecular weight is 383 g/mol. The van der Waals surface area contributed by atoms with Crippen molar-refractivity contribution >= 4 is 11.7 Å². The first-order valence-corrected chi connectivity index (χ1v) is 9.14. The van der Waals surface area contributed by atoms with Gasteiger partial charge >= 0.3 is 0 Å². The highest BCUT2D eigenvalue weighted by atomic mass is 16.3. The lowest BCUT2D eigenvalue weighted by Crippen LogP contribution is -2.31. The van der Waals surface area contributed by atoms with E-state index in [1.54, 1.807) is 30.4 Å². The average Bonchev–Trinajstić information content (AvgIpc) is 2.96. The van der Waals surface area contributed by atoms with Gasteiger partial charge in [0.05, 0.1) is 6.04 Å². The van der Waals surface area contributed by atoms with Crippen LogP contribution in [-0.4, -0.2) is 39.7 Å². The first kappa shape index (κ1) is 21.2. The number of carbonyl (C=O) groups excluding carboxylic acids is 2. The Morgan fingerprint density at radius 2 is 1.82 bits per heavy atom. The maximum Gasteiger partial charge on any atom is 0.259 e.